The highest BCUT2D eigenvalue weighted by molar-refractivity contribution is 5.34. The third kappa shape index (κ3) is 2.44. The summed E-state index contributed by atoms with van der Waals surface area (Å²) in [4.78, 5) is 0. The van der Waals surface area contributed by atoms with Crippen molar-refractivity contribution < 1.29 is 18.6 Å². The molecule has 2 aromatic carbocycles. The molecule has 4 heteroatoms. The number of rotatable bonds is 2. The van der Waals surface area contributed by atoms with Gasteiger partial charge in [-0.1, -0.05) is 24.3 Å². The fourth-order valence-electron chi connectivity index (χ4n) is 2.61. The molecule has 104 valence electrons. The molecule has 0 aromatic heterocycles. The van der Waals surface area contributed by atoms with Crippen LogP contribution in [-0.4, -0.2) is 11.7 Å². The van der Waals surface area contributed by atoms with Gasteiger partial charge < -0.3 is 9.84 Å². The molecule has 0 spiro atoms. The van der Waals surface area contributed by atoms with Gasteiger partial charge in [0, 0.05) is 6.07 Å². The van der Waals surface area contributed by atoms with E-state index in [2.05, 4.69) is 0 Å². The van der Waals surface area contributed by atoms with E-state index < -0.39 is 23.8 Å². The van der Waals surface area contributed by atoms with E-state index in [0.717, 1.165) is 35.7 Å². The highest BCUT2D eigenvalue weighted by Crippen LogP contribution is 2.37. The summed E-state index contributed by atoms with van der Waals surface area (Å²) < 4.78 is 32.1. The summed E-state index contributed by atoms with van der Waals surface area (Å²) in [5.74, 6) is -1.41. The Morgan fingerprint density at radius 3 is 2.55 bits per heavy atom. The zero-order valence-corrected chi connectivity index (χ0v) is 10.7. The first kappa shape index (κ1) is 13.2. The maximum absolute atomic E-state index is 13.3. The number of aliphatic hydroxyl groups excluding tert-OH is 1. The molecule has 1 N–H and O–H groups in total. The molecule has 0 amide bonds. The summed E-state index contributed by atoms with van der Waals surface area (Å²) >= 11 is 0. The number of halogens is 2. The molecule has 2 nitrogen and oxygen atoms in total. The highest BCUT2D eigenvalue weighted by Gasteiger charge is 2.29. The molecule has 0 radical (unpaired) electrons. The fourth-order valence-corrected chi connectivity index (χ4v) is 2.61. The molecule has 0 aliphatic carbocycles. The number of benzene rings is 2. The van der Waals surface area contributed by atoms with Crippen LogP contribution >= 0.6 is 0 Å². The van der Waals surface area contributed by atoms with E-state index in [-0.39, 0.29) is 5.56 Å². The lowest BCUT2D eigenvalue weighted by Gasteiger charge is -2.30. The minimum absolute atomic E-state index is 0.184. The summed E-state index contributed by atoms with van der Waals surface area (Å²) in [6, 6.07) is 10.7. The van der Waals surface area contributed by atoms with Crippen LogP contribution in [0.1, 0.15) is 28.9 Å². The molecule has 0 bridgehead atoms. The predicted octanol–water partition coefficient (Wildman–Crippen LogP) is 3.31. The largest absolute Gasteiger partial charge is 0.385 e. The number of hydrogen-bond donors (Lipinski definition) is 1. The molecule has 1 aliphatic rings. The van der Waals surface area contributed by atoms with Gasteiger partial charge in [-0.15, -0.1) is 0 Å². The van der Waals surface area contributed by atoms with Gasteiger partial charge in [0.25, 0.3) is 0 Å². The first-order valence-electron chi connectivity index (χ1n) is 6.48. The molecule has 0 saturated heterocycles. The molecule has 2 aromatic rings. The van der Waals surface area contributed by atoms with Crippen LogP contribution in [0, 0.1) is 11.6 Å². The number of aliphatic hydroxyl groups is 1. The molecule has 2 unspecified atom stereocenters. The van der Waals surface area contributed by atoms with E-state index in [1.807, 2.05) is 24.3 Å². The van der Waals surface area contributed by atoms with Crippen molar-refractivity contribution in [2.45, 2.75) is 18.6 Å². The first-order chi connectivity index (χ1) is 9.65. The summed E-state index contributed by atoms with van der Waals surface area (Å²) in [5, 5.41) is 10.4. The smallest absolute Gasteiger partial charge is 0.126 e. The van der Waals surface area contributed by atoms with Crippen LogP contribution in [0.2, 0.25) is 0 Å². The number of ether oxygens (including phenoxy) is 1. The molecule has 2 atom stereocenters. The summed E-state index contributed by atoms with van der Waals surface area (Å²) in [6.45, 7) is 0.483. The van der Waals surface area contributed by atoms with E-state index >= 15 is 0 Å². The van der Waals surface area contributed by atoms with Gasteiger partial charge in [-0.2, -0.15) is 0 Å². The van der Waals surface area contributed by atoms with Crippen LogP contribution in [-0.2, 0) is 11.2 Å². The van der Waals surface area contributed by atoms with Gasteiger partial charge in [0.05, 0.1) is 6.61 Å². The molecular weight excluding hydrogens is 262 g/mol. The summed E-state index contributed by atoms with van der Waals surface area (Å²) in [7, 11) is 0. The normalized spacial score (nSPS) is 19.4. The van der Waals surface area contributed by atoms with Crippen molar-refractivity contribution in [2.75, 3.05) is 6.61 Å². The van der Waals surface area contributed by atoms with Crippen molar-refractivity contribution >= 4 is 0 Å². The lowest BCUT2D eigenvalue weighted by atomic mass is 9.91. The van der Waals surface area contributed by atoms with Gasteiger partial charge in [0.15, 0.2) is 0 Å². The van der Waals surface area contributed by atoms with E-state index in [9.17, 15) is 13.9 Å². The topological polar surface area (TPSA) is 29.5 Å². The van der Waals surface area contributed by atoms with Gasteiger partial charge in [0.2, 0.25) is 0 Å². The minimum Gasteiger partial charge on any atom is -0.385 e. The van der Waals surface area contributed by atoms with E-state index in [1.54, 1.807) is 0 Å². The van der Waals surface area contributed by atoms with Crippen LogP contribution in [0.15, 0.2) is 42.5 Å². The van der Waals surface area contributed by atoms with Crippen LogP contribution in [0.5, 0.6) is 0 Å². The molecule has 3 rings (SSSR count). The Morgan fingerprint density at radius 1 is 1.10 bits per heavy atom. The van der Waals surface area contributed by atoms with Gasteiger partial charge in [-0.25, -0.2) is 8.78 Å². The first-order valence-corrected chi connectivity index (χ1v) is 6.48. The average Bonchev–Trinajstić information content (AvgIpc) is 2.45. The third-order valence-corrected chi connectivity index (χ3v) is 3.54. The molecular formula is C16H14F2O2. The third-order valence-electron chi connectivity index (χ3n) is 3.54. The monoisotopic (exact) mass is 276 g/mol. The van der Waals surface area contributed by atoms with Gasteiger partial charge in [-0.05, 0) is 35.2 Å². The van der Waals surface area contributed by atoms with Crippen molar-refractivity contribution in [2.24, 2.45) is 0 Å². The summed E-state index contributed by atoms with van der Waals surface area (Å²) in [5.41, 5.74) is 2.15. The number of fused-ring (bicyclic) bond motifs is 1. The lowest BCUT2D eigenvalue weighted by molar-refractivity contribution is -0.0484. The van der Waals surface area contributed by atoms with Crippen molar-refractivity contribution in [3.8, 4) is 0 Å². The highest BCUT2D eigenvalue weighted by atomic mass is 19.1. The van der Waals surface area contributed by atoms with Crippen LogP contribution < -0.4 is 0 Å². The van der Waals surface area contributed by atoms with Crippen LogP contribution in [0.3, 0.4) is 0 Å². The molecule has 20 heavy (non-hydrogen) atoms. The molecule has 0 fully saturated rings. The van der Waals surface area contributed by atoms with E-state index in [1.165, 1.54) is 0 Å². The second-order valence-corrected chi connectivity index (χ2v) is 4.89. The average molecular weight is 276 g/mol. The van der Waals surface area contributed by atoms with Crippen molar-refractivity contribution in [1.29, 1.82) is 0 Å². The van der Waals surface area contributed by atoms with Crippen molar-refractivity contribution in [3.05, 3.63) is 70.8 Å². The zero-order chi connectivity index (χ0) is 14.1. The maximum Gasteiger partial charge on any atom is 0.126 e. The predicted molar refractivity (Wildman–Crippen MR) is 70.2 cm³/mol. The molecule has 0 saturated carbocycles. The standard InChI is InChI=1S/C16H14F2O2/c17-12-7-11(8-13(18)9-12)15(19)16-14-4-2-1-3-10(14)5-6-20-16/h1-4,7-9,15-16,19H,5-6H2. The lowest BCUT2D eigenvalue weighted by Crippen LogP contribution is -2.22. The maximum atomic E-state index is 13.3. The van der Waals surface area contributed by atoms with Gasteiger partial charge in [0.1, 0.15) is 23.8 Å². The summed E-state index contributed by atoms with van der Waals surface area (Å²) in [6.07, 6.45) is -0.917. The second-order valence-electron chi connectivity index (χ2n) is 4.89. The van der Waals surface area contributed by atoms with E-state index in [0.29, 0.717) is 6.61 Å². The quantitative estimate of drug-likeness (QED) is 0.911. The minimum atomic E-state index is -1.10. The second kappa shape index (κ2) is 5.31. The number of hydrogen-bond acceptors (Lipinski definition) is 2. The Hall–Kier alpha value is -1.78. The Balaban J connectivity index is 1.97. The van der Waals surface area contributed by atoms with Crippen LogP contribution in [0.4, 0.5) is 8.78 Å². The Labute approximate surface area is 115 Å². The van der Waals surface area contributed by atoms with Gasteiger partial charge >= 0.3 is 0 Å². The van der Waals surface area contributed by atoms with Gasteiger partial charge in [-0.3, -0.25) is 0 Å². The SMILES string of the molecule is OC(c1cc(F)cc(F)c1)C1OCCc2ccccc21. The molecule has 1 aliphatic heterocycles. The van der Waals surface area contributed by atoms with Crippen LogP contribution in [0.25, 0.3) is 0 Å². The molecule has 1 heterocycles. The zero-order valence-electron chi connectivity index (χ0n) is 10.7. The van der Waals surface area contributed by atoms with E-state index in [4.69, 9.17) is 4.74 Å². The Bertz CT molecular complexity index is 607. The Kier molecular flexibility index (Phi) is 3.51. The van der Waals surface area contributed by atoms with Crippen molar-refractivity contribution in [3.63, 3.8) is 0 Å². The fraction of sp³-hybridized carbons (Fsp3) is 0.250. The van der Waals surface area contributed by atoms with Crippen molar-refractivity contribution in [1.82, 2.24) is 0 Å². The Morgan fingerprint density at radius 2 is 1.80 bits per heavy atom.